The van der Waals surface area contributed by atoms with Gasteiger partial charge >= 0.3 is 0 Å². The lowest BCUT2D eigenvalue weighted by Crippen LogP contribution is -1.85. The summed E-state index contributed by atoms with van der Waals surface area (Å²) in [6.45, 7) is 2.14. The normalized spacial score (nSPS) is 11.2. The first-order chi connectivity index (χ1) is 9.35. The second-order valence-corrected chi connectivity index (χ2v) is 6.24. The lowest BCUT2D eigenvalue weighted by molar-refractivity contribution is 0.840. The van der Waals surface area contributed by atoms with Crippen molar-refractivity contribution in [3.05, 3.63) is 35.1 Å². The molecular weight excluding hydrogens is 276 g/mol. The van der Waals surface area contributed by atoms with Crippen LogP contribution in [0.2, 0.25) is 0 Å². The van der Waals surface area contributed by atoms with Gasteiger partial charge in [-0.05, 0) is 18.6 Å². The SMILES string of the molecule is CCCc1nc(SCc2nc3ccccc3s2)n[nH]1. The van der Waals surface area contributed by atoms with Gasteiger partial charge in [0.1, 0.15) is 10.8 Å². The fourth-order valence-electron chi connectivity index (χ4n) is 1.80. The number of hydrogen-bond donors (Lipinski definition) is 1. The number of fused-ring (bicyclic) bond motifs is 1. The summed E-state index contributed by atoms with van der Waals surface area (Å²) in [5.41, 5.74) is 1.07. The third-order valence-corrected chi connectivity index (χ3v) is 4.74. The highest BCUT2D eigenvalue weighted by Crippen LogP contribution is 2.26. The number of aromatic nitrogens is 4. The molecule has 0 saturated carbocycles. The number of aromatic amines is 1. The number of benzene rings is 1. The van der Waals surface area contributed by atoms with E-state index in [1.54, 1.807) is 23.1 Å². The van der Waals surface area contributed by atoms with Gasteiger partial charge in [-0.3, -0.25) is 5.10 Å². The molecule has 0 unspecified atom stereocenters. The number of para-hydroxylation sites is 1. The molecule has 19 heavy (non-hydrogen) atoms. The maximum absolute atomic E-state index is 4.60. The molecule has 0 bridgehead atoms. The lowest BCUT2D eigenvalue weighted by atomic mass is 10.3. The minimum Gasteiger partial charge on any atom is -0.262 e. The van der Waals surface area contributed by atoms with Crippen LogP contribution in [0.1, 0.15) is 24.2 Å². The van der Waals surface area contributed by atoms with E-state index in [0.717, 1.165) is 40.1 Å². The molecule has 4 nitrogen and oxygen atoms in total. The maximum atomic E-state index is 4.60. The van der Waals surface area contributed by atoms with Gasteiger partial charge in [-0.1, -0.05) is 30.8 Å². The summed E-state index contributed by atoms with van der Waals surface area (Å²) in [7, 11) is 0. The molecule has 0 atom stereocenters. The summed E-state index contributed by atoms with van der Waals surface area (Å²) in [4.78, 5) is 9.04. The highest BCUT2D eigenvalue weighted by molar-refractivity contribution is 7.98. The average molecular weight is 290 g/mol. The summed E-state index contributed by atoms with van der Waals surface area (Å²) < 4.78 is 1.24. The van der Waals surface area contributed by atoms with Crippen LogP contribution in [-0.4, -0.2) is 20.2 Å². The maximum Gasteiger partial charge on any atom is 0.208 e. The Hall–Kier alpha value is -1.40. The third kappa shape index (κ3) is 2.96. The Morgan fingerprint density at radius 2 is 2.16 bits per heavy atom. The monoisotopic (exact) mass is 290 g/mol. The molecule has 1 aromatic carbocycles. The van der Waals surface area contributed by atoms with Crippen molar-refractivity contribution in [2.75, 3.05) is 0 Å². The zero-order chi connectivity index (χ0) is 13.1. The molecule has 2 aromatic heterocycles. The van der Waals surface area contributed by atoms with Crippen molar-refractivity contribution < 1.29 is 0 Å². The van der Waals surface area contributed by atoms with E-state index < -0.39 is 0 Å². The van der Waals surface area contributed by atoms with Crippen molar-refractivity contribution in [1.29, 1.82) is 0 Å². The van der Waals surface area contributed by atoms with E-state index in [0.29, 0.717) is 0 Å². The van der Waals surface area contributed by atoms with Crippen molar-refractivity contribution in [1.82, 2.24) is 20.2 Å². The Labute approximate surface area is 119 Å². The molecule has 3 rings (SSSR count). The largest absolute Gasteiger partial charge is 0.262 e. The fourth-order valence-corrected chi connectivity index (χ4v) is 3.58. The van der Waals surface area contributed by atoms with Crippen LogP contribution in [0.4, 0.5) is 0 Å². The predicted octanol–water partition coefficient (Wildman–Crippen LogP) is 3.66. The molecular formula is C13H14N4S2. The van der Waals surface area contributed by atoms with E-state index in [4.69, 9.17) is 0 Å². The van der Waals surface area contributed by atoms with Gasteiger partial charge in [-0.25, -0.2) is 9.97 Å². The van der Waals surface area contributed by atoms with Gasteiger partial charge in [0, 0.05) is 6.42 Å². The van der Waals surface area contributed by atoms with Gasteiger partial charge in [0.05, 0.1) is 16.0 Å². The summed E-state index contributed by atoms with van der Waals surface area (Å²) in [6.07, 6.45) is 2.03. The zero-order valence-electron chi connectivity index (χ0n) is 10.6. The average Bonchev–Trinajstić information content (AvgIpc) is 3.02. The number of thioether (sulfide) groups is 1. The van der Waals surface area contributed by atoms with Crippen LogP contribution in [0, 0.1) is 0 Å². The van der Waals surface area contributed by atoms with Crippen molar-refractivity contribution >= 4 is 33.3 Å². The number of thiazole rings is 1. The van der Waals surface area contributed by atoms with Crippen molar-refractivity contribution in [3.63, 3.8) is 0 Å². The summed E-state index contributed by atoms with van der Waals surface area (Å²) in [5, 5.41) is 9.10. The molecule has 0 saturated heterocycles. The first-order valence-electron chi connectivity index (χ1n) is 6.23. The molecule has 0 aliphatic heterocycles. The van der Waals surface area contributed by atoms with E-state index in [2.05, 4.69) is 33.2 Å². The third-order valence-electron chi connectivity index (χ3n) is 2.66. The lowest BCUT2D eigenvalue weighted by Gasteiger charge is -1.91. The van der Waals surface area contributed by atoms with Crippen LogP contribution >= 0.6 is 23.1 Å². The molecule has 0 aliphatic carbocycles. The molecule has 98 valence electrons. The Balaban J connectivity index is 1.67. The zero-order valence-corrected chi connectivity index (χ0v) is 12.2. The van der Waals surface area contributed by atoms with Crippen LogP contribution in [0.3, 0.4) is 0 Å². The van der Waals surface area contributed by atoms with Gasteiger partial charge < -0.3 is 0 Å². The van der Waals surface area contributed by atoms with Crippen molar-refractivity contribution in [2.24, 2.45) is 0 Å². The Bertz CT molecular complexity index is 641. The Kier molecular flexibility index (Phi) is 3.79. The number of nitrogens with one attached hydrogen (secondary N) is 1. The standard InChI is InChI=1S/C13H14N4S2/c1-2-5-11-15-13(17-16-11)18-8-12-14-9-6-3-4-7-10(9)19-12/h3-4,6-7H,2,5,8H2,1H3,(H,15,16,17). The minimum absolute atomic E-state index is 0.808. The van der Waals surface area contributed by atoms with Crippen LogP contribution in [0.5, 0.6) is 0 Å². The van der Waals surface area contributed by atoms with Crippen LogP contribution in [0.25, 0.3) is 10.2 Å². The second-order valence-electron chi connectivity index (χ2n) is 4.18. The van der Waals surface area contributed by atoms with Crippen molar-refractivity contribution in [2.45, 2.75) is 30.7 Å². The smallest absolute Gasteiger partial charge is 0.208 e. The summed E-state index contributed by atoms with van der Waals surface area (Å²) in [6, 6.07) is 8.22. The number of nitrogens with zero attached hydrogens (tertiary/aromatic N) is 3. The number of rotatable bonds is 5. The van der Waals surface area contributed by atoms with Crippen molar-refractivity contribution in [3.8, 4) is 0 Å². The molecule has 0 fully saturated rings. The number of hydrogen-bond acceptors (Lipinski definition) is 5. The molecule has 1 N–H and O–H groups in total. The highest BCUT2D eigenvalue weighted by atomic mass is 32.2. The fraction of sp³-hybridized carbons (Fsp3) is 0.308. The van der Waals surface area contributed by atoms with Gasteiger partial charge in [0.25, 0.3) is 0 Å². The van der Waals surface area contributed by atoms with E-state index in [9.17, 15) is 0 Å². The highest BCUT2D eigenvalue weighted by Gasteiger charge is 2.07. The number of aryl methyl sites for hydroxylation is 1. The Morgan fingerprint density at radius 3 is 3.00 bits per heavy atom. The van der Waals surface area contributed by atoms with E-state index in [1.165, 1.54) is 4.70 Å². The van der Waals surface area contributed by atoms with Crippen LogP contribution in [-0.2, 0) is 12.2 Å². The minimum atomic E-state index is 0.808. The van der Waals surface area contributed by atoms with Gasteiger partial charge in [0.2, 0.25) is 5.16 Å². The van der Waals surface area contributed by atoms with E-state index in [1.807, 2.05) is 18.2 Å². The molecule has 0 amide bonds. The molecule has 6 heteroatoms. The molecule has 0 spiro atoms. The first kappa shape index (κ1) is 12.6. The van der Waals surface area contributed by atoms with Gasteiger partial charge in [0.15, 0.2) is 0 Å². The summed E-state index contributed by atoms with van der Waals surface area (Å²) in [5.74, 6) is 1.79. The van der Waals surface area contributed by atoms with Gasteiger partial charge in [-0.15, -0.1) is 16.4 Å². The molecule has 3 aromatic rings. The van der Waals surface area contributed by atoms with Crippen LogP contribution in [0.15, 0.2) is 29.4 Å². The van der Waals surface area contributed by atoms with E-state index in [-0.39, 0.29) is 0 Å². The van der Waals surface area contributed by atoms with Gasteiger partial charge in [-0.2, -0.15) is 0 Å². The molecule has 0 radical (unpaired) electrons. The van der Waals surface area contributed by atoms with E-state index >= 15 is 0 Å². The second kappa shape index (κ2) is 5.71. The predicted molar refractivity (Wildman–Crippen MR) is 79.6 cm³/mol. The Morgan fingerprint density at radius 1 is 1.26 bits per heavy atom. The number of H-pyrrole nitrogens is 1. The van der Waals surface area contributed by atoms with Crippen LogP contribution < -0.4 is 0 Å². The molecule has 2 heterocycles. The first-order valence-corrected chi connectivity index (χ1v) is 8.04. The topological polar surface area (TPSA) is 54.5 Å². The summed E-state index contributed by atoms with van der Waals surface area (Å²) >= 11 is 3.37. The quantitative estimate of drug-likeness (QED) is 0.729. The molecule has 0 aliphatic rings.